The Morgan fingerprint density at radius 3 is 2.74 bits per heavy atom. The SMILES string of the molecule is Nc1c(F)cc(Cl)cc1C(=O)N1CCC(C(=O)O)C1. The van der Waals surface area contributed by atoms with Crippen molar-refractivity contribution in [2.75, 3.05) is 18.8 Å². The summed E-state index contributed by atoms with van der Waals surface area (Å²) in [6.07, 6.45) is 0.379. The van der Waals surface area contributed by atoms with Crippen molar-refractivity contribution in [3.05, 3.63) is 28.5 Å². The molecule has 1 atom stereocenters. The third-order valence-electron chi connectivity index (χ3n) is 3.15. The zero-order valence-electron chi connectivity index (χ0n) is 9.90. The molecule has 1 aromatic carbocycles. The maximum absolute atomic E-state index is 13.4. The fourth-order valence-corrected chi connectivity index (χ4v) is 2.28. The molecule has 2 rings (SSSR count). The molecule has 0 saturated carbocycles. The molecule has 7 heteroatoms. The number of rotatable bonds is 2. The van der Waals surface area contributed by atoms with Crippen LogP contribution in [0.3, 0.4) is 0 Å². The number of carboxylic acid groups (broad SMARTS) is 1. The van der Waals surface area contributed by atoms with Gasteiger partial charge in [0.15, 0.2) is 0 Å². The minimum Gasteiger partial charge on any atom is -0.481 e. The quantitative estimate of drug-likeness (QED) is 0.809. The molecule has 1 amide bonds. The highest BCUT2D eigenvalue weighted by Crippen LogP contribution is 2.26. The minimum absolute atomic E-state index is 0.0314. The van der Waals surface area contributed by atoms with E-state index in [4.69, 9.17) is 22.4 Å². The molecular weight excluding hydrogens is 275 g/mol. The summed E-state index contributed by atoms with van der Waals surface area (Å²) < 4.78 is 13.4. The predicted molar refractivity (Wildman–Crippen MR) is 67.5 cm³/mol. The predicted octanol–water partition coefficient (Wildman–Crippen LogP) is 1.61. The molecule has 1 saturated heterocycles. The number of aliphatic carboxylic acids is 1. The van der Waals surface area contributed by atoms with E-state index in [1.54, 1.807) is 0 Å². The van der Waals surface area contributed by atoms with Gasteiger partial charge >= 0.3 is 5.97 Å². The average Bonchev–Trinajstić information content (AvgIpc) is 2.82. The van der Waals surface area contributed by atoms with Gasteiger partial charge in [0.05, 0.1) is 17.2 Å². The van der Waals surface area contributed by atoms with Gasteiger partial charge in [-0.05, 0) is 18.6 Å². The monoisotopic (exact) mass is 286 g/mol. The molecule has 19 heavy (non-hydrogen) atoms. The molecular formula is C12H12ClFN2O3. The maximum atomic E-state index is 13.4. The van der Waals surface area contributed by atoms with E-state index >= 15 is 0 Å². The number of nitrogens with zero attached hydrogens (tertiary/aromatic N) is 1. The molecule has 0 aromatic heterocycles. The van der Waals surface area contributed by atoms with Gasteiger partial charge in [-0.1, -0.05) is 11.6 Å². The summed E-state index contributed by atoms with van der Waals surface area (Å²) in [5.41, 5.74) is 5.22. The summed E-state index contributed by atoms with van der Waals surface area (Å²) in [7, 11) is 0. The number of nitrogen functional groups attached to an aromatic ring is 1. The van der Waals surface area contributed by atoms with E-state index in [-0.39, 0.29) is 22.8 Å². The molecule has 0 spiro atoms. The van der Waals surface area contributed by atoms with Crippen LogP contribution in [0, 0.1) is 11.7 Å². The van der Waals surface area contributed by atoms with Gasteiger partial charge in [-0.3, -0.25) is 9.59 Å². The lowest BCUT2D eigenvalue weighted by Gasteiger charge is -2.17. The molecule has 0 radical (unpaired) electrons. The Morgan fingerprint density at radius 1 is 1.47 bits per heavy atom. The average molecular weight is 287 g/mol. The summed E-state index contributed by atoms with van der Waals surface area (Å²) in [4.78, 5) is 24.4. The van der Waals surface area contributed by atoms with Crippen molar-refractivity contribution in [3.63, 3.8) is 0 Å². The second kappa shape index (κ2) is 5.05. The third-order valence-corrected chi connectivity index (χ3v) is 3.37. The first kappa shape index (κ1) is 13.6. The number of nitrogens with two attached hydrogens (primary N) is 1. The zero-order valence-corrected chi connectivity index (χ0v) is 10.7. The highest BCUT2D eigenvalue weighted by Gasteiger charge is 2.32. The fraction of sp³-hybridized carbons (Fsp3) is 0.333. The van der Waals surface area contributed by atoms with Crippen LogP contribution in [0.2, 0.25) is 5.02 Å². The summed E-state index contributed by atoms with van der Waals surface area (Å²) in [5.74, 6) is -2.79. The van der Waals surface area contributed by atoms with E-state index in [0.29, 0.717) is 13.0 Å². The number of carbonyl (C=O) groups is 2. The fourth-order valence-electron chi connectivity index (χ4n) is 2.08. The van der Waals surface area contributed by atoms with Gasteiger partial charge in [0.2, 0.25) is 0 Å². The van der Waals surface area contributed by atoms with Gasteiger partial charge in [-0.2, -0.15) is 0 Å². The van der Waals surface area contributed by atoms with Crippen LogP contribution in [-0.4, -0.2) is 35.0 Å². The van der Waals surface area contributed by atoms with E-state index < -0.39 is 23.6 Å². The number of carbonyl (C=O) groups excluding carboxylic acids is 1. The standard InChI is InChI=1S/C12H12ClFN2O3/c13-7-3-8(10(15)9(14)4-7)11(17)16-2-1-6(5-16)12(18)19/h3-4,6H,1-2,5,15H2,(H,18,19). The van der Waals surface area contributed by atoms with Crippen LogP contribution in [-0.2, 0) is 4.79 Å². The molecule has 1 aliphatic heterocycles. The van der Waals surface area contributed by atoms with Crippen molar-refractivity contribution in [3.8, 4) is 0 Å². The van der Waals surface area contributed by atoms with Crippen LogP contribution in [0.1, 0.15) is 16.8 Å². The molecule has 0 aliphatic carbocycles. The van der Waals surface area contributed by atoms with Gasteiger partial charge in [-0.25, -0.2) is 4.39 Å². The van der Waals surface area contributed by atoms with E-state index in [1.807, 2.05) is 0 Å². The normalized spacial score (nSPS) is 18.6. The first-order valence-corrected chi connectivity index (χ1v) is 6.04. The van der Waals surface area contributed by atoms with E-state index in [0.717, 1.165) is 6.07 Å². The van der Waals surface area contributed by atoms with Crippen LogP contribution < -0.4 is 5.73 Å². The number of hydrogen-bond donors (Lipinski definition) is 2. The molecule has 1 aromatic rings. The van der Waals surface area contributed by atoms with Crippen molar-refractivity contribution in [2.45, 2.75) is 6.42 Å². The molecule has 1 unspecified atom stereocenters. The summed E-state index contributed by atoms with van der Waals surface area (Å²) in [6, 6.07) is 2.31. The Hall–Kier alpha value is -1.82. The van der Waals surface area contributed by atoms with E-state index in [1.165, 1.54) is 11.0 Å². The smallest absolute Gasteiger partial charge is 0.308 e. The largest absolute Gasteiger partial charge is 0.481 e. The number of carboxylic acids is 1. The van der Waals surface area contributed by atoms with Gasteiger partial charge in [0.1, 0.15) is 5.82 Å². The Balaban J connectivity index is 2.24. The van der Waals surface area contributed by atoms with Gasteiger partial charge in [0.25, 0.3) is 5.91 Å². The molecule has 102 valence electrons. The lowest BCUT2D eigenvalue weighted by atomic mass is 10.1. The van der Waals surface area contributed by atoms with Gasteiger partial charge < -0.3 is 15.7 Å². The summed E-state index contributed by atoms with van der Waals surface area (Å²) in [5, 5.41) is 8.96. The zero-order chi connectivity index (χ0) is 14.2. The second-order valence-corrected chi connectivity index (χ2v) is 4.86. The summed E-state index contributed by atoms with van der Waals surface area (Å²) in [6.45, 7) is 0.408. The van der Waals surface area contributed by atoms with Crippen molar-refractivity contribution in [2.24, 2.45) is 5.92 Å². The van der Waals surface area contributed by atoms with Gasteiger partial charge in [-0.15, -0.1) is 0 Å². The van der Waals surface area contributed by atoms with E-state index in [2.05, 4.69) is 0 Å². The minimum atomic E-state index is -0.944. The van der Waals surface area contributed by atoms with E-state index in [9.17, 15) is 14.0 Å². The molecule has 5 nitrogen and oxygen atoms in total. The maximum Gasteiger partial charge on any atom is 0.308 e. The molecule has 0 bridgehead atoms. The summed E-state index contributed by atoms with van der Waals surface area (Å²) >= 11 is 5.69. The molecule has 1 aliphatic rings. The topological polar surface area (TPSA) is 83.6 Å². The lowest BCUT2D eigenvalue weighted by molar-refractivity contribution is -0.141. The Kier molecular flexibility index (Phi) is 3.61. The van der Waals surface area contributed by atoms with Crippen molar-refractivity contribution in [1.82, 2.24) is 4.90 Å². The molecule has 3 N–H and O–H groups in total. The highest BCUT2D eigenvalue weighted by atomic mass is 35.5. The molecule has 1 heterocycles. The number of anilines is 1. The van der Waals surface area contributed by atoms with Crippen molar-refractivity contribution < 1.29 is 19.1 Å². The first-order chi connectivity index (χ1) is 8.90. The second-order valence-electron chi connectivity index (χ2n) is 4.42. The lowest BCUT2D eigenvalue weighted by Crippen LogP contribution is -2.30. The van der Waals surface area contributed by atoms with Crippen LogP contribution in [0.25, 0.3) is 0 Å². The van der Waals surface area contributed by atoms with Crippen molar-refractivity contribution in [1.29, 1.82) is 0 Å². The van der Waals surface area contributed by atoms with Crippen LogP contribution >= 0.6 is 11.6 Å². The Bertz CT molecular complexity index is 550. The highest BCUT2D eigenvalue weighted by molar-refractivity contribution is 6.31. The Labute approximate surface area is 113 Å². The number of hydrogen-bond acceptors (Lipinski definition) is 3. The number of benzene rings is 1. The third kappa shape index (κ3) is 2.63. The van der Waals surface area contributed by atoms with Crippen molar-refractivity contribution >= 4 is 29.2 Å². The number of halogens is 2. The molecule has 1 fully saturated rings. The van der Waals surface area contributed by atoms with Gasteiger partial charge in [0, 0.05) is 18.1 Å². The van der Waals surface area contributed by atoms with Crippen LogP contribution in [0.4, 0.5) is 10.1 Å². The Morgan fingerprint density at radius 2 is 2.16 bits per heavy atom. The van der Waals surface area contributed by atoms with Crippen LogP contribution in [0.15, 0.2) is 12.1 Å². The van der Waals surface area contributed by atoms with Crippen LogP contribution in [0.5, 0.6) is 0 Å². The first-order valence-electron chi connectivity index (χ1n) is 5.66. The number of likely N-dealkylation sites (tertiary alicyclic amines) is 1. The number of amides is 1.